The van der Waals surface area contributed by atoms with E-state index in [-0.39, 0.29) is 0 Å². The third-order valence-corrected chi connectivity index (χ3v) is 4.85. The summed E-state index contributed by atoms with van der Waals surface area (Å²) in [5, 5.41) is 1.45. The van der Waals surface area contributed by atoms with Gasteiger partial charge in [-0.25, -0.2) is 0 Å². The van der Waals surface area contributed by atoms with Crippen LogP contribution in [0.5, 0.6) is 0 Å². The largest absolute Gasteiger partial charge is 0.340 e. The Hall–Kier alpha value is -2.06. The van der Waals surface area contributed by atoms with Crippen LogP contribution >= 0.6 is 0 Å². The van der Waals surface area contributed by atoms with Gasteiger partial charge in [0.25, 0.3) is 0 Å². The Morgan fingerprint density at radius 1 is 0.864 bits per heavy atom. The molecule has 0 radical (unpaired) electrons. The molecule has 1 aliphatic rings. The van der Waals surface area contributed by atoms with E-state index in [4.69, 9.17) is 0 Å². The highest BCUT2D eigenvalue weighted by atomic mass is 15.1. The van der Waals surface area contributed by atoms with E-state index in [1.165, 1.54) is 22.2 Å². The highest BCUT2D eigenvalue weighted by Crippen LogP contribution is 2.29. The first-order valence-electron chi connectivity index (χ1n) is 8.14. The van der Waals surface area contributed by atoms with Gasteiger partial charge in [0.15, 0.2) is 0 Å². The zero-order chi connectivity index (χ0) is 14.9. The summed E-state index contributed by atoms with van der Waals surface area (Å²) in [6.45, 7) is 3.28. The van der Waals surface area contributed by atoms with Crippen molar-refractivity contribution in [1.82, 2.24) is 9.47 Å². The molecule has 2 nitrogen and oxygen atoms in total. The van der Waals surface area contributed by atoms with Crippen molar-refractivity contribution >= 4 is 10.9 Å². The first kappa shape index (κ1) is 13.6. The second-order valence-corrected chi connectivity index (χ2v) is 6.32. The summed E-state index contributed by atoms with van der Waals surface area (Å²) in [7, 11) is 2.23. The standard InChI is InChI=1S/C20H22N2/c1-21-13-11-18-17-9-5-6-10-19(17)22(20(18)12-14-21)15-16-7-3-2-4-8-16/h2-10H,11-15H2,1H3. The van der Waals surface area contributed by atoms with Crippen LogP contribution in [-0.4, -0.2) is 29.6 Å². The number of nitrogens with zero attached hydrogens (tertiary/aromatic N) is 2. The van der Waals surface area contributed by atoms with Crippen LogP contribution in [0, 0.1) is 0 Å². The van der Waals surface area contributed by atoms with Gasteiger partial charge in [-0.3, -0.25) is 0 Å². The van der Waals surface area contributed by atoms with E-state index in [1.807, 2.05) is 0 Å². The molecular formula is C20H22N2. The van der Waals surface area contributed by atoms with Crippen LogP contribution in [-0.2, 0) is 19.4 Å². The molecule has 0 atom stereocenters. The number of benzene rings is 2. The number of likely N-dealkylation sites (N-methyl/N-ethyl adjacent to an activating group) is 1. The van der Waals surface area contributed by atoms with Crippen LogP contribution in [0.3, 0.4) is 0 Å². The average molecular weight is 290 g/mol. The van der Waals surface area contributed by atoms with Gasteiger partial charge in [0.2, 0.25) is 0 Å². The predicted octanol–water partition coefficient (Wildman–Crippen LogP) is 3.72. The summed E-state index contributed by atoms with van der Waals surface area (Å²) < 4.78 is 2.54. The SMILES string of the molecule is CN1CCc2c(n(Cc3ccccc3)c3ccccc23)CC1. The molecule has 4 rings (SSSR count). The zero-order valence-corrected chi connectivity index (χ0v) is 13.1. The number of rotatable bonds is 2. The summed E-state index contributed by atoms with van der Waals surface area (Å²) in [6.07, 6.45) is 2.31. The van der Waals surface area contributed by atoms with Crippen molar-refractivity contribution in [2.75, 3.05) is 20.1 Å². The van der Waals surface area contributed by atoms with Crippen molar-refractivity contribution < 1.29 is 0 Å². The third-order valence-electron chi connectivity index (χ3n) is 4.85. The molecule has 3 aromatic rings. The summed E-state index contributed by atoms with van der Waals surface area (Å²) in [5.74, 6) is 0. The highest BCUT2D eigenvalue weighted by Gasteiger charge is 2.20. The van der Waals surface area contributed by atoms with Crippen LogP contribution < -0.4 is 0 Å². The van der Waals surface area contributed by atoms with E-state index in [1.54, 1.807) is 5.56 Å². The molecule has 0 aliphatic carbocycles. The van der Waals surface area contributed by atoms with Gasteiger partial charge in [-0.1, -0.05) is 48.5 Å². The molecule has 0 spiro atoms. The molecule has 0 fully saturated rings. The molecular weight excluding hydrogens is 268 g/mol. The molecule has 22 heavy (non-hydrogen) atoms. The van der Waals surface area contributed by atoms with Crippen LogP contribution in [0.4, 0.5) is 0 Å². The van der Waals surface area contributed by atoms with Crippen molar-refractivity contribution in [3.8, 4) is 0 Å². The molecule has 2 aromatic carbocycles. The number of para-hydroxylation sites is 1. The monoisotopic (exact) mass is 290 g/mol. The second kappa shape index (κ2) is 5.62. The van der Waals surface area contributed by atoms with E-state index < -0.39 is 0 Å². The summed E-state index contributed by atoms with van der Waals surface area (Å²) >= 11 is 0. The number of hydrogen-bond acceptors (Lipinski definition) is 1. The summed E-state index contributed by atoms with van der Waals surface area (Å²) in [5.41, 5.74) is 5.87. The Balaban J connectivity index is 1.86. The number of aromatic nitrogens is 1. The fraction of sp³-hybridized carbons (Fsp3) is 0.300. The van der Waals surface area contributed by atoms with Gasteiger partial charge in [0.1, 0.15) is 0 Å². The Labute approximate surface area is 132 Å². The first-order valence-corrected chi connectivity index (χ1v) is 8.14. The van der Waals surface area contributed by atoms with Gasteiger partial charge in [-0.2, -0.15) is 0 Å². The van der Waals surface area contributed by atoms with Crippen molar-refractivity contribution in [2.24, 2.45) is 0 Å². The molecule has 1 aliphatic heterocycles. The van der Waals surface area contributed by atoms with E-state index in [0.29, 0.717) is 0 Å². The van der Waals surface area contributed by atoms with Gasteiger partial charge in [-0.15, -0.1) is 0 Å². The molecule has 0 saturated heterocycles. The van der Waals surface area contributed by atoms with Crippen LogP contribution in [0.25, 0.3) is 10.9 Å². The van der Waals surface area contributed by atoms with Crippen LogP contribution in [0.1, 0.15) is 16.8 Å². The predicted molar refractivity (Wildman–Crippen MR) is 92.4 cm³/mol. The topological polar surface area (TPSA) is 8.17 Å². The van der Waals surface area contributed by atoms with Gasteiger partial charge in [0.05, 0.1) is 0 Å². The number of fused-ring (bicyclic) bond motifs is 3. The second-order valence-electron chi connectivity index (χ2n) is 6.32. The molecule has 0 bridgehead atoms. The molecule has 0 amide bonds. The normalized spacial score (nSPS) is 15.7. The van der Waals surface area contributed by atoms with Gasteiger partial charge < -0.3 is 9.47 Å². The Morgan fingerprint density at radius 2 is 1.59 bits per heavy atom. The van der Waals surface area contributed by atoms with E-state index >= 15 is 0 Å². The Kier molecular flexibility index (Phi) is 3.47. The maximum atomic E-state index is 2.54. The van der Waals surface area contributed by atoms with Crippen LogP contribution in [0.15, 0.2) is 54.6 Å². The maximum Gasteiger partial charge on any atom is 0.0488 e. The lowest BCUT2D eigenvalue weighted by molar-refractivity contribution is 0.351. The molecule has 112 valence electrons. The van der Waals surface area contributed by atoms with Crippen LogP contribution in [0.2, 0.25) is 0 Å². The fourth-order valence-corrected chi connectivity index (χ4v) is 3.65. The average Bonchev–Trinajstić information content (AvgIpc) is 2.71. The Bertz CT molecular complexity index is 786. The van der Waals surface area contributed by atoms with E-state index in [2.05, 4.69) is 71.1 Å². The fourth-order valence-electron chi connectivity index (χ4n) is 3.65. The Morgan fingerprint density at radius 3 is 2.45 bits per heavy atom. The van der Waals surface area contributed by atoms with Crippen molar-refractivity contribution in [1.29, 1.82) is 0 Å². The van der Waals surface area contributed by atoms with Gasteiger partial charge >= 0.3 is 0 Å². The van der Waals surface area contributed by atoms with E-state index in [0.717, 1.165) is 32.5 Å². The molecule has 0 N–H and O–H groups in total. The maximum absolute atomic E-state index is 2.54. The third kappa shape index (κ3) is 2.34. The quantitative estimate of drug-likeness (QED) is 0.698. The lowest BCUT2D eigenvalue weighted by Crippen LogP contribution is -2.21. The zero-order valence-electron chi connectivity index (χ0n) is 13.1. The molecule has 0 saturated carbocycles. The van der Waals surface area contributed by atoms with E-state index in [9.17, 15) is 0 Å². The summed E-state index contributed by atoms with van der Waals surface area (Å²) in [4.78, 5) is 2.45. The van der Waals surface area contributed by atoms with Crippen molar-refractivity contribution in [3.05, 3.63) is 71.4 Å². The van der Waals surface area contributed by atoms with Gasteiger partial charge in [-0.05, 0) is 30.7 Å². The molecule has 0 unspecified atom stereocenters. The smallest absolute Gasteiger partial charge is 0.0488 e. The molecule has 1 aromatic heterocycles. The lowest BCUT2D eigenvalue weighted by Gasteiger charge is -2.14. The minimum absolute atomic E-state index is 0.973. The summed E-state index contributed by atoms with van der Waals surface area (Å²) in [6, 6.07) is 19.7. The highest BCUT2D eigenvalue weighted by molar-refractivity contribution is 5.85. The molecule has 2 heteroatoms. The van der Waals surface area contributed by atoms with Crippen molar-refractivity contribution in [2.45, 2.75) is 19.4 Å². The lowest BCUT2D eigenvalue weighted by atomic mass is 10.1. The number of hydrogen-bond donors (Lipinski definition) is 0. The minimum atomic E-state index is 0.973. The van der Waals surface area contributed by atoms with Gasteiger partial charge in [0, 0.05) is 42.7 Å². The van der Waals surface area contributed by atoms with Crippen molar-refractivity contribution in [3.63, 3.8) is 0 Å². The minimum Gasteiger partial charge on any atom is -0.340 e. The molecule has 2 heterocycles. The first-order chi connectivity index (χ1) is 10.8.